The fourth-order valence-electron chi connectivity index (χ4n) is 6.02. The van der Waals surface area contributed by atoms with Crippen LogP contribution in [0.3, 0.4) is 0 Å². The number of carbonyl (C=O) groups excluding carboxylic acids is 1. The Morgan fingerprint density at radius 2 is 1.92 bits per heavy atom. The lowest BCUT2D eigenvalue weighted by Gasteiger charge is -2.44. The van der Waals surface area contributed by atoms with Gasteiger partial charge in [0.05, 0.1) is 11.7 Å². The summed E-state index contributed by atoms with van der Waals surface area (Å²) < 4.78 is 18.9. The molecule has 0 aromatic heterocycles. The molecule has 196 valence electrons. The molecule has 0 bridgehead atoms. The fourth-order valence-corrected chi connectivity index (χ4v) is 6.02. The number of amides is 1. The first kappa shape index (κ1) is 26.7. The lowest BCUT2D eigenvalue weighted by molar-refractivity contribution is -0.141. The quantitative estimate of drug-likeness (QED) is 0.457. The van der Waals surface area contributed by atoms with E-state index in [0.717, 1.165) is 42.4 Å². The van der Waals surface area contributed by atoms with Crippen molar-refractivity contribution in [3.8, 4) is 11.1 Å². The van der Waals surface area contributed by atoms with Crippen molar-refractivity contribution in [1.82, 2.24) is 4.90 Å². The van der Waals surface area contributed by atoms with Crippen LogP contribution in [0.4, 0.5) is 4.39 Å². The van der Waals surface area contributed by atoms with Gasteiger partial charge in [-0.05, 0) is 73.8 Å². The van der Waals surface area contributed by atoms with Crippen LogP contribution in [0.25, 0.3) is 11.1 Å². The van der Waals surface area contributed by atoms with Gasteiger partial charge in [0.25, 0.3) is 0 Å². The number of carbonyl (C=O) groups is 1. The predicted octanol–water partition coefficient (Wildman–Crippen LogP) is 3.83. The summed E-state index contributed by atoms with van der Waals surface area (Å²) in [6.07, 6.45) is 3.99. The van der Waals surface area contributed by atoms with Gasteiger partial charge < -0.3 is 25.6 Å². The highest BCUT2D eigenvalue weighted by molar-refractivity contribution is 5.79. The highest BCUT2D eigenvalue weighted by Crippen LogP contribution is 2.44. The van der Waals surface area contributed by atoms with Gasteiger partial charge in [0.15, 0.2) is 0 Å². The number of hydrogen-bond donors (Lipinski definition) is 3. The molecule has 2 aromatic carbocycles. The Kier molecular flexibility index (Phi) is 8.78. The molecule has 36 heavy (non-hydrogen) atoms. The molecule has 4 N–H and O–H groups in total. The highest BCUT2D eigenvalue weighted by atomic mass is 19.1. The number of nitrogens with zero attached hydrogens (tertiary/aromatic N) is 1. The largest absolute Gasteiger partial charge is 0.391 e. The maximum atomic E-state index is 13.6. The summed E-state index contributed by atoms with van der Waals surface area (Å²) in [5.74, 6) is -0.695. The zero-order valence-corrected chi connectivity index (χ0v) is 21.1. The van der Waals surface area contributed by atoms with Crippen molar-refractivity contribution >= 4 is 5.91 Å². The molecule has 1 saturated heterocycles. The van der Waals surface area contributed by atoms with E-state index < -0.39 is 11.7 Å². The molecule has 2 fully saturated rings. The lowest BCUT2D eigenvalue weighted by atomic mass is 9.72. The number of methoxy groups -OCH3 is 1. The first-order valence-electron chi connectivity index (χ1n) is 13.1. The molecule has 1 aliphatic carbocycles. The zero-order valence-electron chi connectivity index (χ0n) is 21.1. The Morgan fingerprint density at radius 3 is 2.61 bits per heavy atom. The van der Waals surface area contributed by atoms with Gasteiger partial charge in [-0.1, -0.05) is 36.4 Å². The molecular formula is C29H39FN2O4. The lowest BCUT2D eigenvalue weighted by Crippen LogP contribution is -2.49. The molecule has 1 amide bonds. The number of ether oxygens (including phenoxy) is 1. The Labute approximate surface area is 213 Å². The van der Waals surface area contributed by atoms with Gasteiger partial charge in [0, 0.05) is 44.7 Å². The highest BCUT2D eigenvalue weighted by Gasteiger charge is 2.44. The number of nitrogens with two attached hydrogens (primary N) is 1. The van der Waals surface area contributed by atoms with Gasteiger partial charge in [-0.2, -0.15) is 0 Å². The van der Waals surface area contributed by atoms with Crippen molar-refractivity contribution in [2.45, 2.75) is 62.7 Å². The van der Waals surface area contributed by atoms with Crippen LogP contribution in [0.5, 0.6) is 0 Å². The van der Waals surface area contributed by atoms with Crippen molar-refractivity contribution < 1.29 is 24.1 Å². The normalized spacial score (nSPS) is 26.1. The molecule has 4 rings (SSSR count). The third kappa shape index (κ3) is 5.80. The molecule has 0 radical (unpaired) electrons. The number of benzene rings is 2. The Bertz CT molecular complexity index is 1010. The van der Waals surface area contributed by atoms with E-state index in [1.54, 1.807) is 19.2 Å². The van der Waals surface area contributed by atoms with E-state index in [2.05, 4.69) is 0 Å². The maximum Gasteiger partial charge on any atom is 0.225 e. The molecule has 5 atom stereocenters. The standard InChI is InChI=1S/C29H39FN2O4/c1-36-16-5-4-14-29(35,25-9-3-2-8-24(25)20-10-12-23(30)13-11-20)22-7-6-15-32(19-22)28(34)21-17-26(31)27(33)18-21/h2-3,8-13,21-22,26-27,33,35H,4-7,14-19,31H2,1H3/t21-,22?,26+,27-,29-/m0/s1. The molecule has 2 aliphatic rings. The molecule has 0 spiro atoms. The van der Waals surface area contributed by atoms with Crippen molar-refractivity contribution in [2.75, 3.05) is 26.8 Å². The predicted molar refractivity (Wildman–Crippen MR) is 137 cm³/mol. The summed E-state index contributed by atoms with van der Waals surface area (Å²) in [4.78, 5) is 15.2. The van der Waals surface area contributed by atoms with Gasteiger partial charge in [-0.3, -0.25) is 4.79 Å². The molecule has 1 aliphatic heterocycles. The van der Waals surface area contributed by atoms with Crippen LogP contribution in [-0.4, -0.2) is 60.0 Å². The van der Waals surface area contributed by atoms with E-state index in [4.69, 9.17) is 10.5 Å². The van der Waals surface area contributed by atoms with Crippen LogP contribution in [-0.2, 0) is 15.1 Å². The van der Waals surface area contributed by atoms with Crippen LogP contribution >= 0.6 is 0 Å². The smallest absolute Gasteiger partial charge is 0.225 e. The maximum absolute atomic E-state index is 13.6. The van der Waals surface area contributed by atoms with Crippen LogP contribution in [0.15, 0.2) is 48.5 Å². The summed E-state index contributed by atoms with van der Waals surface area (Å²) in [7, 11) is 1.67. The topological polar surface area (TPSA) is 96.0 Å². The van der Waals surface area contributed by atoms with E-state index in [-0.39, 0.29) is 29.6 Å². The number of hydrogen-bond acceptors (Lipinski definition) is 5. The minimum atomic E-state index is -1.16. The summed E-state index contributed by atoms with van der Waals surface area (Å²) >= 11 is 0. The molecule has 1 heterocycles. The van der Waals surface area contributed by atoms with Crippen LogP contribution in [0.2, 0.25) is 0 Å². The summed E-state index contributed by atoms with van der Waals surface area (Å²) in [5, 5.41) is 22.5. The average Bonchev–Trinajstić information content (AvgIpc) is 3.24. The van der Waals surface area contributed by atoms with E-state index in [1.807, 2.05) is 29.2 Å². The molecular weight excluding hydrogens is 459 g/mol. The van der Waals surface area contributed by atoms with Crippen molar-refractivity contribution in [3.05, 3.63) is 59.9 Å². The molecule has 1 saturated carbocycles. The van der Waals surface area contributed by atoms with E-state index in [9.17, 15) is 19.4 Å². The van der Waals surface area contributed by atoms with Gasteiger partial charge in [-0.25, -0.2) is 4.39 Å². The Morgan fingerprint density at radius 1 is 1.17 bits per heavy atom. The third-order valence-corrected chi connectivity index (χ3v) is 8.04. The molecule has 6 nitrogen and oxygen atoms in total. The second kappa shape index (κ2) is 11.8. The number of rotatable bonds is 9. The second-order valence-electron chi connectivity index (χ2n) is 10.4. The van der Waals surface area contributed by atoms with E-state index in [1.165, 1.54) is 12.1 Å². The molecule has 1 unspecified atom stereocenters. The van der Waals surface area contributed by atoms with Gasteiger partial charge in [0.1, 0.15) is 5.82 Å². The second-order valence-corrected chi connectivity index (χ2v) is 10.4. The minimum absolute atomic E-state index is 0.0280. The zero-order chi connectivity index (χ0) is 25.7. The van der Waals surface area contributed by atoms with Gasteiger partial charge >= 0.3 is 0 Å². The minimum Gasteiger partial charge on any atom is -0.391 e. The Balaban J connectivity index is 1.63. The van der Waals surface area contributed by atoms with Crippen LogP contribution in [0, 0.1) is 17.7 Å². The SMILES string of the molecule is COCCCC[C@@](O)(c1ccccc1-c1ccc(F)cc1)C1CCCN(C(=O)[C@H]2C[C@@H](N)[C@@H](O)C2)C1. The molecule has 7 heteroatoms. The summed E-state index contributed by atoms with van der Waals surface area (Å²) in [6.45, 7) is 1.73. The molecule has 2 aromatic rings. The third-order valence-electron chi connectivity index (χ3n) is 8.04. The monoisotopic (exact) mass is 498 g/mol. The number of piperidine rings is 1. The van der Waals surface area contributed by atoms with Gasteiger partial charge in [0.2, 0.25) is 5.91 Å². The van der Waals surface area contributed by atoms with Crippen LogP contribution < -0.4 is 5.73 Å². The first-order chi connectivity index (χ1) is 17.3. The number of halogens is 1. The van der Waals surface area contributed by atoms with Gasteiger partial charge in [-0.15, -0.1) is 0 Å². The fraction of sp³-hybridized carbons (Fsp3) is 0.552. The number of aliphatic hydroxyl groups excluding tert-OH is 1. The number of aliphatic hydroxyl groups is 2. The number of likely N-dealkylation sites (tertiary alicyclic amines) is 1. The van der Waals surface area contributed by atoms with Crippen molar-refractivity contribution in [3.63, 3.8) is 0 Å². The summed E-state index contributed by atoms with van der Waals surface area (Å²) in [6, 6.07) is 13.8. The first-order valence-corrected chi connectivity index (χ1v) is 13.1. The van der Waals surface area contributed by atoms with E-state index >= 15 is 0 Å². The average molecular weight is 499 g/mol. The van der Waals surface area contributed by atoms with Crippen LogP contribution in [0.1, 0.15) is 50.5 Å². The van der Waals surface area contributed by atoms with Crippen molar-refractivity contribution in [2.24, 2.45) is 17.6 Å². The van der Waals surface area contributed by atoms with E-state index in [0.29, 0.717) is 39.0 Å². The number of unbranched alkanes of at least 4 members (excludes halogenated alkanes) is 1. The van der Waals surface area contributed by atoms with Crippen molar-refractivity contribution in [1.29, 1.82) is 0 Å². The Hall–Kier alpha value is -2.32. The summed E-state index contributed by atoms with van der Waals surface area (Å²) in [5.41, 5.74) is 7.35.